The Morgan fingerprint density at radius 2 is 1.85 bits per heavy atom. The lowest BCUT2D eigenvalue weighted by atomic mass is 10.0. The number of thiocarbonyl (C=S) groups is 1. The Labute approximate surface area is 241 Å². The molecule has 9 nitrogen and oxygen atoms in total. The van der Waals surface area contributed by atoms with Crippen molar-refractivity contribution >= 4 is 46.4 Å². The zero-order chi connectivity index (χ0) is 28.2. The third-order valence-electron chi connectivity index (χ3n) is 8.13. The second-order valence-corrected chi connectivity index (χ2v) is 11.3. The molecular formula is C30H38N6O3S. The maximum absolute atomic E-state index is 13.5. The Morgan fingerprint density at radius 3 is 2.67 bits per heavy atom. The summed E-state index contributed by atoms with van der Waals surface area (Å²) in [5.41, 5.74) is 3.75. The molecule has 10 heteroatoms. The van der Waals surface area contributed by atoms with E-state index >= 15 is 0 Å². The number of nitrogens with zero attached hydrogens (tertiary/aromatic N) is 4. The molecule has 3 aliphatic heterocycles. The van der Waals surface area contributed by atoms with Gasteiger partial charge in [0.05, 0.1) is 17.4 Å². The fraction of sp³-hybridized carbons (Fsp3) is 0.467. The van der Waals surface area contributed by atoms with E-state index in [4.69, 9.17) is 12.2 Å². The Balaban J connectivity index is 1.22. The van der Waals surface area contributed by atoms with Crippen LogP contribution in [0.5, 0.6) is 0 Å². The van der Waals surface area contributed by atoms with Crippen LogP contribution in [0.25, 0.3) is 0 Å². The first kappa shape index (κ1) is 28.0. The highest BCUT2D eigenvalue weighted by atomic mass is 32.1. The standard InChI is InChI=1S/C30H38N6O3S/c1-21-19-22(28(38)35-16-12-27(37)32-24-7-3-4-8-25(24)35)10-11-23(21)20-31-30(39)36-15-5-9-26(36)29(40)34-14-6-13-33(2)17-18-34/h3-4,7-8,10-11,19,26H,5-6,9,12-18,20H2,1-2H3,(H,31,39)(H,32,37)/t26-/m0/s1. The van der Waals surface area contributed by atoms with Crippen molar-refractivity contribution in [3.8, 4) is 0 Å². The van der Waals surface area contributed by atoms with E-state index in [2.05, 4.69) is 27.5 Å². The summed E-state index contributed by atoms with van der Waals surface area (Å²) in [5, 5.41) is 5.96. The molecule has 2 aromatic carbocycles. The maximum atomic E-state index is 13.5. The number of para-hydroxylation sites is 2. The number of likely N-dealkylation sites (tertiary alicyclic amines) is 1. The number of aryl methyl sites for hydroxylation is 1. The van der Waals surface area contributed by atoms with E-state index in [1.54, 1.807) is 17.0 Å². The third-order valence-corrected chi connectivity index (χ3v) is 8.66. The Bertz CT molecular complexity index is 1300. The molecule has 4 amide bonds. The van der Waals surface area contributed by atoms with E-state index in [1.165, 1.54) is 0 Å². The zero-order valence-electron chi connectivity index (χ0n) is 23.3. The number of amides is 4. The second-order valence-electron chi connectivity index (χ2n) is 10.9. The highest BCUT2D eigenvalue weighted by Gasteiger charge is 2.34. The van der Waals surface area contributed by atoms with Crippen LogP contribution in [0.15, 0.2) is 42.5 Å². The average Bonchev–Trinajstić information content (AvgIpc) is 3.25. The summed E-state index contributed by atoms with van der Waals surface area (Å²) in [6.07, 6.45) is 3.16. The van der Waals surface area contributed by atoms with Gasteiger partial charge in [-0.05, 0) is 75.2 Å². The molecule has 2 N–H and O–H groups in total. The minimum Gasteiger partial charge on any atom is -0.363 e. The number of fused-ring (bicyclic) bond motifs is 1. The molecule has 3 aliphatic rings. The lowest BCUT2D eigenvalue weighted by Gasteiger charge is -2.32. The molecule has 3 heterocycles. The normalized spacial score (nSPS) is 19.9. The van der Waals surface area contributed by atoms with Gasteiger partial charge in [0.2, 0.25) is 5.91 Å². The number of carbonyl (C=O) groups excluding carboxylic acids is 3. The summed E-state index contributed by atoms with van der Waals surface area (Å²) < 4.78 is 0. The van der Waals surface area contributed by atoms with Crippen LogP contribution in [0.4, 0.5) is 16.2 Å². The number of nitrogens with one attached hydrogen (secondary N) is 2. The molecule has 2 fully saturated rings. The SMILES string of the molecule is Cc1cc(C(=O)N2CCC(=O)Nc3ccccc32)ccc1CNC(=O)N1CCC[C@H]1C(=S)N1CCCN(C)CC1. The van der Waals surface area contributed by atoms with Gasteiger partial charge in [-0.25, -0.2) is 4.79 Å². The number of anilines is 2. The lowest BCUT2D eigenvalue weighted by Crippen LogP contribution is -2.50. The smallest absolute Gasteiger partial charge is 0.318 e. The van der Waals surface area contributed by atoms with Crippen LogP contribution in [0.2, 0.25) is 0 Å². The summed E-state index contributed by atoms with van der Waals surface area (Å²) >= 11 is 5.89. The molecule has 0 saturated carbocycles. The highest BCUT2D eigenvalue weighted by Crippen LogP contribution is 2.30. The van der Waals surface area contributed by atoms with Crippen molar-refractivity contribution in [1.82, 2.24) is 20.0 Å². The van der Waals surface area contributed by atoms with Crippen molar-refractivity contribution in [2.75, 3.05) is 56.5 Å². The van der Waals surface area contributed by atoms with Crippen molar-refractivity contribution < 1.29 is 14.4 Å². The van der Waals surface area contributed by atoms with Crippen molar-refractivity contribution in [1.29, 1.82) is 0 Å². The summed E-state index contributed by atoms with van der Waals surface area (Å²) in [6.45, 7) is 7.22. The monoisotopic (exact) mass is 562 g/mol. The first-order valence-corrected chi connectivity index (χ1v) is 14.5. The van der Waals surface area contributed by atoms with Gasteiger partial charge in [-0.15, -0.1) is 0 Å². The zero-order valence-corrected chi connectivity index (χ0v) is 24.1. The molecule has 0 unspecified atom stereocenters. The van der Waals surface area contributed by atoms with Crippen LogP contribution < -0.4 is 15.5 Å². The molecule has 1 atom stereocenters. The highest BCUT2D eigenvalue weighted by molar-refractivity contribution is 7.80. The molecule has 5 rings (SSSR count). The van der Waals surface area contributed by atoms with Gasteiger partial charge in [-0.3, -0.25) is 9.59 Å². The first-order chi connectivity index (χ1) is 19.3. The number of rotatable bonds is 4. The van der Waals surface area contributed by atoms with Crippen molar-refractivity contribution in [2.45, 2.75) is 45.2 Å². The third kappa shape index (κ3) is 6.13. The summed E-state index contributed by atoms with van der Waals surface area (Å²) in [6, 6.07) is 12.8. The van der Waals surface area contributed by atoms with Crippen LogP contribution in [-0.2, 0) is 11.3 Å². The van der Waals surface area contributed by atoms with Gasteiger partial charge in [-0.1, -0.05) is 30.4 Å². The van der Waals surface area contributed by atoms with Crippen LogP contribution in [0.3, 0.4) is 0 Å². The predicted molar refractivity (Wildman–Crippen MR) is 161 cm³/mol. The van der Waals surface area contributed by atoms with E-state index < -0.39 is 0 Å². The molecule has 2 aromatic rings. The molecule has 212 valence electrons. The lowest BCUT2D eigenvalue weighted by molar-refractivity contribution is -0.115. The maximum Gasteiger partial charge on any atom is 0.318 e. The number of hydrogen-bond acceptors (Lipinski definition) is 5. The van der Waals surface area contributed by atoms with E-state index in [0.29, 0.717) is 36.6 Å². The van der Waals surface area contributed by atoms with Crippen LogP contribution >= 0.6 is 12.2 Å². The molecule has 2 saturated heterocycles. The Morgan fingerprint density at radius 1 is 1.02 bits per heavy atom. The molecule has 0 radical (unpaired) electrons. The Hall–Kier alpha value is -3.50. The molecule has 0 aromatic heterocycles. The fourth-order valence-electron chi connectivity index (χ4n) is 5.77. The van der Waals surface area contributed by atoms with Gasteiger partial charge in [-0.2, -0.15) is 0 Å². The van der Waals surface area contributed by atoms with Crippen molar-refractivity contribution in [3.63, 3.8) is 0 Å². The van der Waals surface area contributed by atoms with Gasteiger partial charge >= 0.3 is 6.03 Å². The summed E-state index contributed by atoms with van der Waals surface area (Å²) in [7, 11) is 2.14. The van der Waals surface area contributed by atoms with Crippen LogP contribution in [0.1, 0.15) is 47.2 Å². The molecule has 40 heavy (non-hydrogen) atoms. The number of benzene rings is 2. The Kier molecular flexibility index (Phi) is 8.66. The minimum atomic E-state index is -0.157. The topological polar surface area (TPSA) is 88.2 Å². The molecule has 0 spiro atoms. The average molecular weight is 563 g/mol. The first-order valence-electron chi connectivity index (χ1n) is 14.1. The summed E-state index contributed by atoms with van der Waals surface area (Å²) in [4.78, 5) is 47.9. The number of hydrogen-bond donors (Lipinski definition) is 2. The molecule has 0 bridgehead atoms. The van der Waals surface area contributed by atoms with Gasteiger partial charge in [0.25, 0.3) is 5.91 Å². The van der Waals surface area contributed by atoms with Crippen molar-refractivity contribution in [2.24, 2.45) is 0 Å². The number of carbonyl (C=O) groups is 3. The van der Waals surface area contributed by atoms with Crippen LogP contribution in [0, 0.1) is 6.92 Å². The fourth-order valence-corrected chi connectivity index (χ4v) is 6.20. The number of urea groups is 1. The van der Waals surface area contributed by atoms with E-state index in [9.17, 15) is 14.4 Å². The van der Waals surface area contributed by atoms with Gasteiger partial charge < -0.3 is 30.2 Å². The van der Waals surface area contributed by atoms with Gasteiger partial charge in [0.1, 0.15) is 4.99 Å². The quantitative estimate of drug-likeness (QED) is 0.554. The minimum absolute atomic E-state index is 0.0441. The number of likely N-dealkylation sites (N-methyl/N-ethyl adjacent to an activating group) is 1. The predicted octanol–water partition coefficient (Wildman–Crippen LogP) is 3.62. The summed E-state index contributed by atoms with van der Waals surface area (Å²) in [5.74, 6) is -0.263. The van der Waals surface area contributed by atoms with E-state index in [0.717, 1.165) is 61.6 Å². The second kappa shape index (κ2) is 12.3. The van der Waals surface area contributed by atoms with Crippen LogP contribution in [-0.4, -0.2) is 89.9 Å². The van der Waals surface area contributed by atoms with Gasteiger partial charge in [0, 0.05) is 51.3 Å². The van der Waals surface area contributed by atoms with Crippen molar-refractivity contribution in [3.05, 3.63) is 59.2 Å². The van der Waals surface area contributed by atoms with E-state index in [-0.39, 0.29) is 30.3 Å². The molecular weight excluding hydrogens is 524 g/mol. The van der Waals surface area contributed by atoms with E-state index in [1.807, 2.05) is 42.2 Å². The molecule has 0 aliphatic carbocycles. The largest absolute Gasteiger partial charge is 0.363 e. The van der Waals surface area contributed by atoms with Gasteiger partial charge in [0.15, 0.2) is 0 Å².